The molecular formula is C26H35N5OS. The van der Waals surface area contributed by atoms with Crippen LogP contribution in [-0.4, -0.2) is 64.8 Å². The Balaban J connectivity index is 1.73. The van der Waals surface area contributed by atoms with E-state index in [-0.39, 0.29) is 5.91 Å². The summed E-state index contributed by atoms with van der Waals surface area (Å²) in [6.45, 7) is 15.0. The molecule has 1 aliphatic heterocycles. The molecule has 0 N–H and O–H groups in total. The molecule has 3 heterocycles. The van der Waals surface area contributed by atoms with Crippen molar-refractivity contribution in [1.82, 2.24) is 19.6 Å². The highest BCUT2D eigenvalue weighted by atomic mass is 32.1. The fourth-order valence-electron chi connectivity index (χ4n) is 4.49. The maximum absolute atomic E-state index is 13.4. The largest absolute Gasteiger partial charge is 0.354 e. The van der Waals surface area contributed by atoms with E-state index in [0.717, 1.165) is 66.9 Å². The summed E-state index contributed by atoms with van der Waals surface area (Å²) in [5.74, 6) is 1.62. The van der Waals surface area contributed by atoms with E-state index < -0.39 is 0 Å². The molecular weight excluding hydrogens is 430 g/mol. The number of aromatic nitrogens is 2. The highest BCUT2D eigenvalue weighted by Gasteiger charge is 2.28. The van der Waals surface area contributed by atoms with Crippen LogP contribution >= 0.6 is 11.3 Å². The molecule has 4 rings (SSSR count). The fourth-order valence-corrected chi connectivity index (χ4v) is 5.18. The van der Waals surface area contributed by atoms with Crippen LogP contribution in [0.4, 0.5) is 5.82 Å². The lowest BCUT2D eigenvalue weighted by molar-refractivity contribution is 0.0727. The van der Waals surface area contributed by atoms with Crippen molar-refractivity contribution in [2.75, 3.05) is 44.2 Å². The Morgan fingerprint density at radius 3 is 2.42 bits per heavy atom. The summed E-state index contributed by atoms with van der Waals surface area (Å²) in [5.41, 5.74) is 3.19. The van der Waals surface area contributed by atoms with E-state index in [2.05, 4.69) is 66.4 Å². The molecule has 2 aromatic heterocycles. The van der Waals surface area contributed by atoms with Gasteiger partial charge in [0.1, 0.15) is 5.82 Å². The Labute approximate surface area is 201 Å². The summed E-state index contributed by atoms with van der Waals surface area (Å²) in [7, 11) is 0. The number of likely N-dealkylation sites (N-methyl/N-ethyl adjacent to an activating group) is 1. The number of amides is 1. The summed E-state index contributed by atoms with van der Waals surface area (Å²) in [6, 6.07) is 14.2. The summed E-state index contributed by atoms with van der Waals surface area (Å²) < 4.78 is 2.08. The molecule has 0 radical (unpaired) electrons. The number of carbonyl (C=O) groups is 1. The molecule has 33 heavy (non-hydrogen) atoms. The van der Waals surface area contributed by atoms with Crippen molar-refractivity contribution in [2.45, 2.75) is 34.2 Å². The molecule has 3 aromatic rings. The van der Waals surface area contributed by atoms with Crippen molar-refractivity contribution < 1.29 is 4.79 Å². The number of carbonyl (C=O) groups excluding carboxylic acids is 1. The van der Waals surface area contributed by atoms with Gasteiger partial charge in [-0.05, 0) is 43.0 Å². The lowest BCUT2D eigenvalue weighted by Gasteiger charge is -2.36. The zero-order valence-corrected chi connectivity index (χ0v) is 21.0. The second-order valence-electron chi connectivity index (χ2n) is 9.11. The van der Waals surface area contributed by atoms with Crippen molar-refractivity contribution in [3.63, 3.8) is 0 Å². The maximum atomic E-state index is 13.4. The number of para-hydroxylation sites is 1. The minimum Gasteiger partial charge on any atom is -0.354 e. The second kappa shape index (κ2) is 10.5. The Morgan fingerprint density at radius 1 is 1.09 bits per heavy atom. The topological polar surface area (TPSA) is 44.6 Å². The molecule has 1 fully saturated rings. The van der Waals surface area contributed by atoms with E-state index in [1.807, 2.05) is 28.5 Å². The molecule has 1 aromatic carbocycles. The van der Waals surface area contributed by atoms with Crippen LogP contribution in [0.5, 0.6) is 0 Å². The normalized spacial score (nSPS) is 14.8. The van der Waals surface area contributed by atoms with Gasteiger partial charge in [0, 0.05) is 38.3 Å². The second-order valence-corrected chi connectivity index (χ2v) is 10.1. The van der Waals surface area contributed by atoms with Gasteiger partial charge in [-0.3, -0.25) is 4.79 Å². The summed E-state index contributed by atoms with van der Waals surface area (Å²) >= 11 is 1.51. The van der Waals surface area contributed by atoms with Gasteiger partial charge in [-0.15, -0.1) is 11.3 Å². The summed E-state index contributed by atoms with van der Waals surface area (Å²) in [5, 5.41) is 6.95. The van der Waals surface area contributed by atoms with Crippen molar-refractivity contribution in [2.24, 2.45) is 5.92 Å². The van der Waals surface area contributed by atoms with Gasteiger partial charge in [0.2, 0.25) is 0 Å². The van der Waals surface area contributed by atoms with E-state index in [1.54, 1.807) is 0 Å². The Morgan fingerprint density at radius 2 is 1.82 bits per heavy atom. The maximum Gasteiger partial charge on any atom is 0.264 e. The van der Waals surface area contributed by atoms with E-state index >= 15 is 0 Å². The Hall–Kier alpha value is -2.64. The zero-order chi connectivity index (χ0) is 23.4. The van der Waals surface area contributed by atoms with Gasteiger partial charge in [0.15, 0.2) is 0 Å². The van der Waals surface area contributed by atoms with Gasteiger partial charge in [0.25, 0.3) is 5.91 Å². The number of hydrogen-bond acceptors (Lipinski definition) is 5. The molecule has 1 saturated heterocycles. The highest BCUT2D eigenvalue weighted by Crippen LogP contribution is 2.30. The number of piperazine rings is 1. The molecule has 0 aliphatic carbocycles. The zero-order valence-electron chi connectivity index (χ0n) is 20.2. The van der Waals surface area contributed by atoms with Gasteiger partial charge in [-0.1, -0.05) is 45.0 Å². The van der Waals surface area contributed by atoms with Crippen molar-refractivity contribution in [3.05, 3.63) is 64.0 Å². The van der Waals surface area contributed by atoms with Gasteiger partial charge in [-0.25, -0.2) is 4.68 Å². The third kappa shape index (κ3) is 5.31. The third-order valence-electron chi connectivity index (χ3n) is 6.23. The molecule has 0 bridgehead atoms. The number of benzene rings is 1. The van der Waals surface area contributed by atoms with Crippen LogP contribution in [0.3, 0.4) is 0 Å². The average Bonchev–Trinajstić information content (AvgIpc) is 3.47. The van der Waals surface area contributed by atoms with Crippen LogP contribution in [-0.2, 0) is 6.54 Å². The van der Waals surface area contributed by atoms with Crippen LogP contribution in [0, 0.1) is 12.8 Å². The quantitative estimate of drug-likeness (QED) is 0.484. The first-order valence-corrected chi connectivity index (χ1v) is 12.8. The number of nitrogens with zero attached hydrogens (tertiary/aromatic N) is 5. The smallest absolute Gasteiger partial charge is 0.264 e. The number of anilines is 1. The first-order chi connectivity index (χ1) is 16.0. The van der Waals surface area contributed by atoms with Gasteiger partial charge < -0.3 is 14.7 Å². The lowest BCUT2D eigenvalue weighted by atomic mass is 10.1. The molecule has 176 valence electrons. The molecule has 0 atom stereocenters. The van der Waals surface area contributed by atoms with Crippen molar-refractivity contribution in [1.29, 1.82) is 0 Å². The van der Waals surface area contributed by atoms with Crippen LogP contribution in [0.25, 0.3) is 5.69 Å². The lowest BCUT2D eigenvalue weighted by Crippen LogP contribution is -2.47. The van der Waals surface area contributed by atoms with Gasteiger partial charge in [-0.2, -0.15) is 5.10 Å². The van der Waals surface area contributed by atoms with Gasteiger partial charge >= 0.3 is 0 Å². The molecule has 0 saturated carbocycles. The number of thiophene rings is 1. The Bertz CT molecular complexity index is 1040. The third-order valence-corrected chi connectivity index (χ3v) is 7.09. The number of rotatable bonds is 8. The predicted octanol–water partition coefficient (Wildman–Crippen LogP) is 4.68. The molecule has 6 nitrogen and oxygen atoms in total. The minimum atomic E-state index is 0.104. The fraction of sp³-hybridized carbons (Fsp3) is 0.462. The number of aryl methyl sites for hydroxylation is 1. The van der Waals surface area contributed by atoms with Crippen LogP contribution in [0.1, 0.15) is 41.7 Å². The van der Waals surface area contributed by atoms with Crippen LogP contribution < -0.4 is 4.90 Å². The molecule has 1 aliphatic rings. The monoisotopic (exact) mass is 465 g/mol. The molecule has 0 unspecified atom stereocenters. The van der Waals surface area contributed by atoms with E-state index in [0.29, 0.717) is 12.5 Å². The van der Waals surface area contributed by atoms with Gasteiger partial charge in [0.05, 0.1) is 22.8 Å². The summed E-state index contributed by atoms with van der Waals surface area (Å²) in [4.78, 5) is 21.1. The number of hydrogen-bond donors (Lipinski definition) is 0. The molecule has 0 spiro atoms. The first kappa shape index (κ1) is 23.5. The highest BCUT2D eigenvalue weighted by molar-refractivity contribution is 7.12. The van der Waals surface area contributed by atoms with Crippen LogP contribution in [0.15, 0.2) is 47.8 Å². The average molecular weight is 466 g/mol. The van der Waals surface area contributed by atoms with Crippen molar-refractivity contribution in [3.8, 4) is 5.69 Å². The SMILES string of the molecule is CCN1CCN(c2c(CN(CC(C)C)C(=O)c3cccs3)c(C)nn2-c2ccccc2)CC1. The van der Waals surface area contributed by atoms with Crippen LogP contribution in [0.2, 0.25) is 0 Å². The first-order valence-electron chi connectivity index (χ1n) is 11.9. The Kier molecular flexibility index (Phi) is 7.50. The standard InChI is InChI=1S/C26H35N5OS/c1-5-28-13-15-29(16-14-28)25-23(21(4)27-31(25)22-10-7-6-8-11-22)19-30(18-20(2)3)26(32)24-12-9-17-33-24/h6-12,17,20H,5,13-16,18-19H2,1-4H3. The minimum absolute atomic E-state index is 0.104. The van der Waals surface area contributed by atoms with E-state index in [1.165, 1.54) is 11.3 Å². The predicted molar refractivity (Wildman–Crippen MR) is 137 cm³/mol. The van der Waals surface area contributed by atoms with Crippen molar-refractivity contribution >= 4 is 23.1 Å². The molecule has 1 amide bonds. The summed E-state index contributed by atoms with van der Waals surface area (Å²) in [6.07, 6.45) is 0. The van der Waals surface area contributed by atoms with E-state index in [9.17, 15) is 4.79 Å². The molecule has 7 heteroatoms. The van der Waals surface area contributed by atoms with E-state index in [4.69, 9.17) is 5.10 Å².